The second-order valence-electron chi connectivity index (χ2n) is 10.7. The molecule has 0 N–H and O–H groups in total. The van der Waals surface area contributed by atoms with E-state index in [-0.39, 0.29) is 28.9 Å². The van der Waals surface area contributed by atoms with Crippen LogP contribution in [0.2, 0.25) is 0 Å². The molecule has 7 atom stereocenters. The fourth-order valence-corrected chi connectivity index (χ4v) is 8.22. The predicted molar refractivity (Wildman–Crippen MR) is 107 cm³/mol. The molecule has 0 aromatic heterocycles. The van der Waals surface area contributed by atoms with E-state index in [4.69, 9.17) is 9.47 Å². The highest BCUT2D eigenvalue weighted by Crippen LogP contribution is 2.72. The van der Waals surface area contributed by atoms with Gasteiger partial charge in [-0.3, -0.25) is 9.59 Å². The van der Waals surface area contributed by atoms with Crippen molar-refractivity contribution in [2.45, 2.75) is 85.2 Å². The molecule has 4 nitrogen and oxygen atoms in total. The lowest BCUT2D eigenvalue weighted by atomic mass is 9.40. The Morgan fingerprint density at radius 1 is 1.04 bits per heavy atom. The molecule has 156 valence electrons. The van der Waals surface area contributed by atoms with Crippen molar-refractivity contribution >= 4 is 11.9 Å². The quantitative estimate of drug-likeness (QED) is 0.501. The third-order valence-corrected chi connectivity index (χ3v) is 9.25. The predicted octanol–water partition coefficient (Wildman–Crippen LogP) is 5.06. The van der Waals surface area contributed by atoms with Crippen LogP contribution in [-0.4, -0.2) is 24.6 Å². The lowest BCUT2D eigenvalue weighted by molar-refractivity contribution is -0.214. The normalized spacial score (nSPS) is 47.1. The van der Waals surface area contributed by atoms with Crippen LogP contribution in [0.3, 0.4) is 0 Å². The van der Waals surface area contributed by atoms with E-state index in [9.17, 15) is 9.59 Å². The Kier molecular flexibility index (Phi) is 4.71. The molecule has 4 saturated carbocycles. The van der Waals surface area contributed by atoms with Crippen LogP contribution in [0.25, 0.3) is 0 Å². The van der Waals surface area contributed by atoms with E-state index < -0.39 is 0 Å². The van der Waals surface area contributed by atoms with Crippen LogP contribution >= 0.6 is 0 Å². The van der Waals surface area contributed by atoms with E-state index in [1.807, 2.05) is 0 Å². The van der Waals surface area contributed by atoms with Gasteiger partial charge < -0.3 is 9.47 Å². The lowest BCUT2D eigenvalue weighted by Gasteiger charge is -2.65. The van der Waals surface area contributed by atoms with Crippen LogP contribution in [-0.2, 0) is 19.1 Å². The Bertz CT molecular complexity index is 699. The van der Waals surface area contributed by atoms with E-state index >= 15 is 0 Å². The lowest BCUT2D eigenvalue weighted by Crippen LogP contribution is -2.62. The van der Waals surface area contributed by atoms with Crippen LogP contribution in [0.1, 0.15) is 79.1 Å². The van der Waals surface area contributed by atoms with Gasteiger partial charge in [-0.1, -0.05) is 26.0 Å². The molecule has 0 unspecified atom stereocenters. The highest BCUT2D eigenvalue weighted by molar-refractivity contribution is 5.66. The number of hydrogen-bond acceptors (Lipinski definition) is 4. The molecule has 0 amide bonds. The summed E-state index contributed by atoms with van der Waals surface area (Å²) in [7, 11) is 0. The Balaban J connectivity index is 1.68. The van der Waals surface area contributed by atoms with Crippen molar-refractivity contribution in [2.75, 3.05) is 6.61 Å². The third-order valence-electron chi connectivity index (χ3n) is 9.25. The minimum absolute atomic E-state index is 0.175. The number of rotatable bonds is 3. The SMILES string of the molecule is C=C1C[C@@]23CC[C@H]4[C@@](C)(CC[C@@H](OC(C)=O)[C@]4(C)COC(C)=O)[C@@H]2CC[C@@H]1C3. The maximum absolute atomic E-state index is 11.8. The van der Waals surface area contributed by atoms with Crippen LogP contribution in [0, 0.1) is 34.0 Å². The average Bonchev–Trinajstić information content (AvgIpc) is 2.84. The van der Waals surface area contributed by atoms with Crippen molar-refractivity contribution in [3.63, 3.8) is 0 Å². The Labute approximate surface area is 169 Å². The molecule has 4 aliphatic carbocycles. The molecule has 4 heteroatoms. The summed E-state index contributed by atoms with van der Waals surface area (Å²) in [5.41, 5.74) is 1.81. The molecule has 0 aliphatic heterocycles. The minimum atomic E-state index is -0.321. The Morgan fingerprint density at radius 3 is 2.46 bits per heavy atom. The van der Waals surface area contributed by atoms with Gasteiger partial charge in [0.2, 0.25) is 0 Å². The Morgan fingerprint density at radius 2 is 1.79 bits per heavy atom. The molecule has 0 aromatic rings. The van der Waals surface area contributed by atoms with E-state index in [1.165, 1.54) is 51.5 Å². The van der Waals surface area contributed by atoms with Gasteiger partial charge in [-0.15, -0.1) is 0 Å². The monoisotopic (exact) mass is 388 g/mol. The zero-order valence-corrected chi connectivity index (χ0v) is 18.0. The Hall–Kier alpha value is -1.32. The third kappa shape index (κ3) is 2.85. The van der Waals surface area contributed by atoms with Crippen molar-refractivity contribution in [3.05, 3.63) is 12.2 Å². The summed E-state index contributed by atoms with van der Waals surface area (Å²) in [5.74, 6) is 1.35. The first-order valence-electron chi connectivity index (χ1n) is 11.1. The number of allylic oxidation sites excluding steroid dienone is 1. The number of carbonyl (C=O) groups excluding carboxylic acids is 2. The first-order chi connectivity index (χ1) is 13.1. The minimum Gasteiger partial charge on any atom is -0.465 e. The number of esters is 2. The van der Waals surface area contributed by atoms with Crippen LogP contribution in [0.5, 0.6) is 0 Å². The largest absolute Gasteiger partial charge is 0.465 e. The molecule has 4 rings (SSSR count). The van der Waals surface area contributed by atoms with Crippen molar-refractivity contribution in [2.24, 2.45) is 34.0 Å². The summed E-state index contributed by atoms with van der Waals surface area (Å²) in [6.45, 7) is 12.4. The molecule has 28 heavy (non-hydrogen) atoms. The molecule has 4 aliphatic rings. The van der Waals surface area contributed by atoms with Crippen molar-refractivity contribution in [3.8, 4) is 0 Å². The molecule has 2 bridgehead atoms. The number of carbonyl (C=O) groups is 2. The first-order valence-corrected chi connectivity index (χ1v) is 11.1. The number of ether oxygens (including phenoxy) is 2. The zero-order chi connectivity index (χ0) is 20.3. The highest BCUT2D eigenvalue weighted by Gasteiger charge is 2.66. The molecule has 0 radical (unpaired) electrons. The summed E-state index contributed by atoms with van der Waals surface area (Å²) >= 11 is 0. The van der Waals surface area contributed by atoms with Gasteiger partial charge >= 0.3 is 11.9 Å². The fraction of sp³-hybridized carbons (Fsp3) is 0.833. The molecule has 4 fully saturated rings. The molecule has 0 heterocycles. The van der Waals surface area contributed by atoms with Gasteiger partial charge in [-0.25, -0.2) is 0 Å². The highest BCUT2D eigenvalue weighted by atomic mass is 16.6. The summed E-state index contributed by atoms with van der Waals surface area (Å²) in [6, 6.07) is 0. The smallest absolute Gasteiger partial charge is 0.302 e. The van der Waals surface area contributed by atoms with E-state index in [1.54, 1.807) is 0 Å². The van der Waals surface area contributed by atoms with E-state index in [2.05, 4.69) is 20.4 Å². The molecule has 0 aromatic carbocycles. The maximum atomic E-state index is 11.8. The van der Waals surface area contributed by atoms with Gasteiger partial charge in [0.1, 0.15) is 12.7 Å². The topological polar surface area (TPSA) is 52.6 Å². The second-order valence-corrected chi connectivity index (χ2v) is 10.7. The summed E-state index contributed by atoms with van der Waals surface area (Å²) < 4.78 is 11.4. The second kappa shape index (κ2) is 6.60. The van der Waals surface area contributed by atoms with Crippen LogP contribution < -0.4 is 0 Å². The summed E-state index contributed by atoms with van der Waals surface area (Å²) in [5, 5.41) is 0. The van der Waals surface area contributed by atoms with Gasteiger partial charge in [0.05, 0.1) is 0 Å². The number of hydrogen-bond donors (Lipinski definition) is 0. The fourth-order valence-electron chi connectivity index (χ4n) is 8.22. The zero-order valence-electron chi connectivity index (χ0n) is 18.0. The summed E-state index contributed by atoms with van der Waals surface area (Å²) in [4.78, 5) is 23.4. The van der Waals surface area contributed by atoms with E-state index in [0.29, 0.717) is 23.9 Å². The van der Waals surface area contributed by atoms with Crippen molar-refractivity contribution in [1.82, 2.24) is 0 Å². The van der Waals surface area contributed by atoms with Gasteiger partial charge in [-0.2, -0.15) is 0 Å². The van der Waals surface area contributed by atoms with Gasteiger partial charge in [-0.05, 0) is 80.0 Å². The standard InChI is InChI=1S/C24H36O4/c1-15-12-24-11-8-19-22(4,20(24)7-6-18(15)13-24)10-9-21(28-17(3)26)23(19,5)14-27-16(2)25/h18-21H,1,6-14H2,2-5H3/t18-,19+,20+,21-,22-,23-,24-/m1/s1. The van der Waals surface area contributed by atoms with Crippen molar-refractivity contribution < 1.29 is 19.1 Å². The van der Waals surface area contributed by atoms with E-state index in [0.717, 1.165) is 25.2 Å². The van der Waals surface area contributed by atoms with Gasteiger partial charge in [0, 0.05) is 19.3 Å². The van der Waals surface area contributed by atoms with Crippen molar-refractivity contribution in [1.29, 1.82) is 0 Å². The molecule has 1 spiro atoms. The molecular formula is C24H36O4. The van der Waals surface area contributed by atoms with Crippen LogP contribution in [0.15, 0.2) is 12.2 Å². The van der Waals surface area contributed by atoms with Crippen LogP contribution in [0.4, 0.5) is 0 Å². The molecular weight excluding hydrogens is 352 g/mol. The van der Waals surface area contributed by atoms with Gasteiger partial charge in [0.15, 0.2) is 0 Å². The maximum Gasteiger partial charge on any atom is 0.302 e. The van der Waals surface area contributed by atoms with Gasteiger partial charge in [0.25, 0.3) is 0 Å². The molecule has 0 saturated heterocycles. The summed E-state index contributed by atoms with van der Waals surface area (Å²) in [6.07, 6.45) is 9.24. The average molecular weight is 389 g/mol. The number of fused-ring (bicyclic) bond motifs is 3. The first kappa shape index (κ1) is 20.0.